The lowest BCUT2D eigenvalue weighted by atomic mass is 9.49. The second kappa shape index (κ2) is 8.75. The van der Waals surface area contributed by atoms with Crippen LogP contribution >= 0.6 is 0 Å². The van der Waals surface area contributed by atoms with E-state index in [0.717, 1.165) is 48.0 Å². The molecule has 0 radical (unpaired) electrons. The molecule has 1 saturated heterocycles. The van der Waals surface area contributed by atoms with Crippen LogP contribution in [0.3, 0.4) is 0 Å². The van der Waals surface area contributed by atoms with E-state index in [1.165, 1.54) is 0 Å². The van der Waals surface area contributed by atoms with Crippen LogP contribution in [0.15, 0.2) is 49.1 Å². The van der Waals surface area contributed by atoms with Crippen molar-refractivity contribution in [3.63, 3.8) is 0 Å². The van der Waals surface area contributed by atoms with Gasteiger partial charge in [0.1, 0.15) is 23.5 Å². The molecule has 34 heavy (non-hydrogen) atoms. The Hall–Kier alpha value is -3.40. The minimum absolute atomic E-state index is 0.0842. The van der Waals surface area contributed by atoms with E-state index >= 15 is 0 Å². The zero-order chi connectivity index (χ0) is 23.9. The molecule has 1 N–H and O–H groups in total. The second-order valence-electron chi connectivity index (χ2n) is 10.0. The Kier molecular flexibility index (Phi) is 5.77. The van der Waals surface area contributed by atoms with Gasteiger partial charge < -0.3 is 10.2 Å². The number of aromatic nitrogens is 6. The van der Waals surface area contributed by atoms with E-state index in [9.17, 15) is 4.79 Å². The van der Waals surface area contributed by atoms with Crippen LogP contribution in [0, 0.1) is 0 Å². The van der Waals surface area contributed by atoms with Crippen molar-refractivity contribution < 1.29 is 4.79 Å². The van der Waals surface area contributed by atoms with E-state index in [2.05, 4.69) is 61.2 Å². The summed E-state index contributed by atoms with van der Waals surface area (Å²) in [6.07, 6.45) is 9.42. The molecular weight excluding hydrogens is 425 g/mol. The van der Waals surface area contributed by atoms with Gasteiger partial charge in [-0.25, -0.2) is 0 Å². The van der Waals surface area contributed by atoms with Crippen molar-refractivity contribution in [2.24, 2.45) is 0 Å². The lowest BCUT2D eigenvalue weighted by Gasteiger charge is -2.28. The SMILES string of the molecule is BC(B)(B)n1cc(-c2ccc3nnc(NC(=O)c4cnn(C5CCN(C)CC5)c4)cc3c2)cn1. The molecular formula is C22H27B3N8O. The van der Waals surface area contributed by atoms with Gasteiger partial charge in [0, 0.05) is 23.3 Å². The molecule has 0 atom stereocenters. The Balaban J connectivity index is 1.33. The zero-order valence-corrected chi connectivity index (χ0v) is 20.1. The summed E-state index contributed by atoms with van der Waals surface area (Å²) >= 11 is 0. The summed E-state index contributed by atoms with van der Waals surface area (Å²) in [6, 6.07) is 8.17. The average Bonchev–Trinajstić information content (AvgIpc) is 3.49. The van der Waals surface area contributed by atoms with Crippen LogP contribution in [0.4, 0.5) is 5.82 Å². The molecule has 0 saturated carbocycles. The third kappa shape index (κ3) is 4.63. The zero-order valence-electron chi connectivity index (χ0n) is 20.1. The fraction of sp³-hybridized carbons (Fsp3) is 0.318. The van der Waals surface area contributed by atoms with Crippen molar-refractivity contribution in [1.82, 2.24) is 34.7 Å². The maximum atomic E-state index is 12.8. The second-order valence-corrected chi connectivity index (χ2v) is 10.0. The van der Waals surface area contributed by atoms with Crippen molar-refractivity contribution in [3.05, 3.63) is 54.6 Å². The highest BCUT2D eigenvalue weighted by atomic mass is 16.1. The molecule has 9 nitrogen and oxygen atoms in total. The van der Waals surface area contributed by atoms with Gasteiger partial charge in [-0.15, -0.1) is 10.2 Å². The monoisotopic (exact) mass is 452 g/mol. The van der Waals surface area contributed by atoms with Crippen molar-refractivity contribution in [3.8, 4) is 11.1 Å². The van der Waals surface area contributed by atoms with Gasteiger partial charge in [-0.2, -0.15) is 10.2 Å². The molecule has 4 aromatic rings. The summed E-state index contributed by atoms with van der Waals surface area (Å²) in [5.41, 5.74) is 3.34. The number of likely N-dealkylation sites (tertiary alicyclic amines) is 1. The number of amides is 1. The lowest BCUT2D eigenvalue weighted by Crippen LogP contribution is -2.35. The number of hydrogen-bond acceptors (Lipinski definition) is 6. The Labute approximate surface area is 201 Å². The van der Waals surface area contributed by atoms with E-state index in [-0.39, 0.29) is 11.1 Å². The molecule has 4 heterocycles. The molecule has 0 unspecified atom stereocenters. The van der Waals surface area contributed by atoms with Crippen LogP contribution in [0.25, 0.3) is 22.0 Å². The van der Waals surface area contributed by atoms with E-state index in [1.807, 2.05) is 52.2 Å². The summed E-state index contributed by atoms with van der Waals surface area (Å²) in [4.78, 5) is 15.1. The van der Waals surface area contributed by atoms with Gasteiger partial charge in [-0.05, 0) is 62.0 Å². The predicted octanol–water partition coefficient (Wildman–Crippen LogP) is -0.324. The van der Waals surface area contributed by atoms with Crippen LogP contribution in [-0.2, 0) is 5.24 Å². The molecule has 0 bridgehead atoms. The molecule has 5 rings (SSSR count). The first kappa shape index (κ1) is 22.4. The summed E-state index contributed by atoms with van der Waals surface area (Å²) in [5, 5.41) is 21.1. The lowest BCUT2D eigenvalue weighted by molar-refractivity contribution is 0.102. The fourth-order valence-electron chi connectivity index (χ4n) is 4.23. The summed E-state index contributed by atoms with van der Waals surface area (Å²) in [7, 11) is 8.48. The number of rotatable bonds is 5. The maximum absolute atomic E-state index is 12.8. The van der Waals surface area contributed by atoms with Crippen molar-refractivity contribution in [2.75, 3.05) is 25.5 Å². The van der Waals surface area contributed by atoms with Gasteiger partial charge in [0.2, 0.25) is 0 Å². The fourth-order valence-corrected chi connectivity index (χ4v) is 4.23. The van der Waals surface area contributed by atoms with Gasteiger partial charge >= 0.3 is 0 Å². The van der Waals surface area contributed by atoms with Crippen molar-refractivity contribution >= 4 is 46.2 Å². The van der Waals surface area contributed by atoms with Crippen molar-refractivity contribution in [2.45, 2.75) is 24.1 Å². The smallest absolute Gasteiger partial charge is 0.260 e. The predicted molar refractivity (Wildman–Crippen MR) is 140 cm³/mol. The Morgan fingerprint density at radius 3 is 2.56 bits per heavy atom. The van der Waals surface area contributed by atoms with Crippen LogP contribution in [-0.4, -0.2) is 84.2 Å². The van der Waals surface area contributed by atoms with Crippen LogP contribution in [0.2, 0.25) is 0 Å². The first-order valence-electron chi connectivity index (χ1n) is 11.6. The molecule has 0 aliphatic carbocycles. The highest BCUT2D eigenvalue weighted by Crippen LogP contribution is 2.25. The van der Waals surface area contributed by atoms with Gasteiger partial charge in [0.15, 0.2) is 5.82 Å². The van der Waals surface area contributed by atoms with Crippen LogP contribution in [0.1, 0.15) is 29.2 Å². The number of piperidine rings is 1. The third-order valence-corrected chi connectivity index (χ3v) is 6.36. The minimum atomic E-state index is -0.240. The topological polar surface area (TPSA) is 93.8 Å². The van der Waals surface area contributed by atoms with Gasteiger partial charge in [0.25, 0.3) is 5.91 Å². The quantitative estimate of drug-likeness (QED) is 0.418. The first-order chi connectivity index (χ1) is 16.3. The molecule has 1 aliphatic rings. The van der Waals surface area contributed by atoms with Crippen molar-refractivity contribution in [1.29, 1.82) is 0 Å². The standard InChI is InChI=1S/C22H27B3N8O/c1-31-6-4-18(5-7-31)32-12-17(11-26-32)21(34)28-20-9-15-8-14(2-3-19(15)29-30-20)16-10-27-33(13-16)22(23,24)25/h2-3,8-13,18H,4-7,23-25H2,1H3,(H,28,30,34). The largest absolute Gasteiger partial charge is 0.306 e. The number of hydrogen-bond donors (Lipinski definition) is 1. The molecule has 1 aromatic carbocycles. The van der Waals surface area contributed by atoms with Gasteiger partial charge in [-0.1, -0.05) is 6.07 Å². The average molecular weight is 452 g/mol. The number of benzene rings is 1. The first-order valence-corrected chi connectivity index (χ1v) is 11.6. The Morgan fingerprint density at radius 1 is 1.03 bits per heavy atom. The van der Waals surface area contributed by atoms with Gasteiger partial charge in [0.05, 0.1) is 29.5 Å². The molecule has 12 heteroatoms. The van der Waals surface area contributed by atoms with E-state index in [0.29, 0.717) is 17.4 Å². The molecule has 1 aliphatic heterocycles. The minimum Gasteiger partial charge on any atom is -0.306 e. The number of nitrogens with zero attached hydrogens (tertiary/aromatic N) is 7. The maximum Gasteiger partial charge on any atom is 0.260 e. The highest BCUT2D eigenvalue weighted by molar-refractivity contribution is 6.56. The number of carbonyl (C=O) groups is 1. The van der Waals surface area contributed by atoms with E-state index < -0.39 is 0 Å². The third-order valence-electron chi connectivity index (χ3n) is 6.36. The summed E-state index contributed by atoms with van der Waals surface area (Å²) in [6.45, 7) is 2.08. The molecule has 3 aromatic heterocycles. The normalized spacial score (nSPS) is 15.6. The molecule has 170 valence electrons. The number of carbonyl (C=O) groups excluding carboxylic acids is 1. The van der Waals surface area contributed by atoms with Crippen LogP contribution < -0.4 is 5.32 Å². The Morgan fingerprint density at radius 2 is 1.82 bits per heavy atom. The molecule has 1 amide bonds. The number of nitrogens with one attached hydrogen (secondary N) is 1. The summed E-state index contributed by atoms with van der Waals surface area (Å²) in [5.74, 6) is 0.169. The van der Waals surface area contributed by atoms with E-state index in [4.69, 9.17) is 0 Å². The number of fused-ring (bicyclic) bond motifs is 1. The molecule has 0 spiro atoms. The van der Waals surface area contributed by atoms with Gasteiger partial charge in [-0.3, -0.25) is 14.2 Å². The highest BCUT2D eigenvalue weighted by Gasteiger charge is 2.20. The molecule has 1 fully saturated rings. The van der Waals surface area contributed by atoms with E-state index in [1.54, 1.807) is 6.20 Å². The summed E-state index contributed by atoms with van der Waals surface area (Å²) < 4.78 is 3.87. The van der Waals surface area contributed by atoms with Crippen LogP contribution in [0.5, 0.6) is 0 Å². The number of anilines is 1. The Bertz CT molecular complexity index is 1340.